The van der Waals surface area contributed by atoms with Crippen molar-refractivity contribution in [3.05, 3.63) is 22.2 Å². The molecule has 0 bridgehead atoms. The zero-order valence-corrected chi connectivity index (χ0v) is 9.87. The maximum atomic E-state index is 5.39. The highest BCUT2D eigenvalue weighted by molar-refractivity contribution is 9.10. The number of fused-ring (bicyclic) bond motifs is 1. The Morgan fingerprint density at radius 1 is 1.53 bits per heavy atom. The van der Waals surface area contributed by atoms with Gasteiger partial charge in [0.05, 0.1) is 5.39 Å². The van der Waals surface area contributed by atoms with Crippen molar-refractivity contribution in [1.29, 1.82) is 0 Å². The predicted octanol–water partition coefficient (Wildman–Crippen LogP) is 2.24. The Balaban J connectivity index is 2.51. The molecule has 0 unspecified atom stereocenters. The molecule has 0 aliphatic heterocycles. The van der Waals surface area contributed by atoms with E-state index in [1.165, 1.54) is 0 Å². The van der Waals surface area contributed by atoms with Gasteiger partial charge in [0.2, 0.25) is 0 Å². The number of rotatable bonds is 3. The summed E-state index contributed by atoms with van der Waals surface area (Å²) in [5, 5.41) is 4.76. The number of halogens is 1. The van der Waals surface area contributed by atoms with Gasteiger partial charge in [-0.2, -0.15) is 0 Å². The van der Waals surface area contributed by atoms with Gasteiger partial charge in [-0.1, -0.05) is 15.9 Å². The van der Waals surface area contributed by atoms with Crippen LogP contribution in [0.5, 0.6) is 5.88 Å². The number of hydrogen-bond acceptors (Lipinski definition) is 4. The van der Waals surface area contributed by atoms with E-state index in [1.54, 1.807) is 0 Å². The van der Waals surface area contributed by atoms with E-state index in [9.17, 15) is 0 Å². The standard InChI is InChI=1S/C10H11BrN2O2/c1-6-7(11)2-3-8-9(6)10(13-15-8)14-5-4-12/h2-3H,4-5,12H2,1H3. The molecule has 0 saturated carbocycles. The maximum absolute atomic E-state index is 5.39. The minimum absolute atomic E-state index is 0.438. The van der Waals surface area contributed by atoms with Crippen LogP contribution in [0.1, 0.15) is 5.56 Å². The summed E-state index contributed by atoms with van der Waals surface area (Å²) in [7, 11) is 0. The van der Waals surface area contributed by atoms with Crippen LogP contribution in [-0.4, -0.2) is 18.3 Å². The lowest BCUT2D eigenvalue weighted by Gasteiger charge is -2.02. The second-order valence-electron chi connectivity index (χ2n) is 3.17. The van der Waals surface area contributed by atoms with Gasteiger partial charge in [0.15, 0.2) is 5.58 Å². The van der Waals surface area contributed by atoms with Crippen molar-refractivity contribution >= 4 is 26.9 Å². The fourth-order valence-electron chi connectivity index (χ4n) is 1.39. The number of nitrogens with two attached hydrogens (primary N) is 1. The molecule has 2 N–H and O–H groups in total. The van der Waals surface area contributed by atoms with Crippen LogP contribution in [0.25, 0.3) is 11.0 Å². The van der Waals surface area contributed by atoms with Crippen molar-refractivity contribution < 1.29 is 9.26 Å². The lowest BCUT2D eigenvalue weighted by atomic mass is 10.1. The second-order valence-corrected chi connectivity index (χ2v) is 4.02. The maximum Gasteiger partial charge on any atom is 0.262 e. The molecular formula is C10H11BrN2O2. The van der Waals surface area contributed by atoms with Gasteiger partial charge in [0, 0.05) is 11.0 Å². The van der Waals surface area contributed by atoms with Crippen molar-refractivity contribution in [2.75, 3.05) is 13.2 Å². The number of ether oxygens (including phenoxy) is 1. The zero-order valence-electron chi connectivity index (χ0n) is 8.29. The number of nitrogens with zero attached hydrogens (tertiary/aromatic N) is 1. The molecule has 0 saturated heterocycles. The molecule has 15 heavy (non-hydrogen) atoms. The van der Waals surface area contributed by atoms with Crippen LogP contribution in [-0.2, 0) is 0 Å². The molecule has 4 nitrogen and oxygen atoms in total. The molecule has 1 aromatic heterocycles. The monoisotopic (exact) mass is 270 g/mol. The zero-order chi connectivity index (χ0) is 10.8. The van der Waals surface area contributed by atoms with Gasteiger partial charge in [0.25, 0.3) is 5.88 Å². The van der Waals surface area contributed by atoms with Gasteiger partial charge in [0.1, 0.15) is 6.61 Å². The predicted molar refractivity (Wildman–Crippen MR) is 61.0 cm³/mol. The molecule has 2 rings (SSSR count). The average Bonchev–Trinajstić information content (AvgIpc) is 2.64. The molecule has 5 heteroatoms. The van der Waals surface area contributed by atoms with Crippen molar-refractivity contribution in [1.82, 2.24) is 5.16 Å². The Labute approximate surface area is 95.5 Å². The minimum Gasteiger partial charge on any atom is -0.474 e. The van der Waals surface area contributed by atoms with Gasteiger partial charge in [-0.25, -0.2) is 0 Å². The van der Waals surface area contributed by atoms with E-state index in [2.05, 4.69) is 21.1 Å². The van der Waals surface area contributed by atoms with Crippen LogP contribution in [0.4, 0.5) is 0 Å². The summed E-state index contributed by atoms with van der Waals surface area (Å²) in [6, 6.07) is 3.78. The lowest BCUT2D eigenvalue weighted by Crippen LogP contribution is -2.10. The first kappa shape index (κ1) is 10.4. The quantitative estimate of drug-likeness (QED) is 0.929. The van der Waals surface area contributed by atoms with Crippen molar-refractivity contribution in [2.24, 2.45) is 5.73 Å². The average molecular weight is 271 g/mol. The molecule has 0 aliphatic carbocycles. The molecule has 1 aromatic carbocycles. The van der Waals surface area contributed by atoms with Crippen LogP contribution < -0.4 is 10.5 Å². The fourth-order valence-corrected chi connectivity index (χ4v) is 1.72. The summed E-state index contributed by atoms with van der Waals surface area (Å²) in [6.45, 7) is 2.88. The van der Waals surface area contributed by atoms with Gasteiger partial charge in [-0.3, -0.25) is 0 Å². The van der Waals surface area contributed by atoms with Crippen molar-refractivity contribution in [3.63, 3.8) is 0 Å². The van der Waals surface area contributed by atoms with Crippen LogP contribution in [0.15, 0.2) is 21.1 Å². The van der Waals surface area contributed by atoms with Gasteiger partial charge in [-0.15, -0.1) is 0 Å². The highest BCUT2D eigenvalue weighted by Gasteiger charge is 2.13. The van der Waals surface area contributed by atoms with Crippen LogP contribution in [0.3, 0.4) is 0 Å². The Morgan fingerprint density at radius 2 is 2.33 bits per heavy atom. The first-order valence-corrected chi connectivity index (χ1v) is 5.40. The van der Waals surface area contributed by atoms with Crippen LogP contribution >= 0.6 is 15.9 Å². The molecule has 0 amide bonds. The number of aromatic nitrogens is 1. The van der Waals surface area contributed by atoms with Gasteiger partial charge < -0.3 is 15.0 Å². The summed E-state index contributed by atoms with van der Waals surface area (Å²) in [4.78, 5) is 0. The molecular weight excluding hydrogens is 260 g/mol. The normalized spacial score (nSPS) is 10.9. The lowest BCUT2D eigenvalue weighted by molar-refractivity contribution is 0.293. The smallest absolute Gasteiger partial charge is 0.262 e. The fraction of sp³-hybridized carbons (Fsp3) is 0.300. The number of aryl methyl sites for hydroxylation is 1. The summed E-state index contributed by atoms with van der Waals surface area (Å²) in [5.74, 6) is 0.509. The third-order valence-corrected chi connectivity index (χ3v) is 3.02. The third-order valence-electron chi connectivity index (χ3n) is 2.16. The van der Waals surface area contributed by atoms with Crippen LogP contribution in [0, 0.1) is 6.92 Å². The first-order valence-electron chi connectivity index (χ1n) is 4.61. The molecule has 0 aliphatic rings. The highest BCUT2D eigenvalue weighted by Crippen LogP contribution is 2.32. The van der Waals surface area contributed by atoms with E-state index in [-0.39, 0.29) is 0 Å². The molecule has 0 spiro atoms. The Kier molecular flexibility index (Phi) is 2.93. The van der Waals surface area contributed by atoms with E-state index in [0.717, 1.165) is 21.0 Å². The highest BCUT2D eigenvalue weighted by atomic mass is 79.9. The summed E-state index contributed by atoms with van der Waals surface area (Å²) in [6.07, 6.45) is 0. The molecule has 0 radical (unpaired) electrons. The number of hydrogen-bond donors (Lipinski definition) is 1. The summed E-state index contributed by atoms with van der Waals surface area (Å²) in [5.41, 5.74) is 7.15. The molecule has 0 atom stereocenters. The summed E-state index contributed by atoms with van der Waals surface area (Å²) < 4.78 is 11.5. The minimum atomic E-state index is 0.438. The molecule has 80 valence electrons. The van der Waals surface area contributed by atoms with Gasteiger partial charge in [-0.05, 0) is 29.8 Å². The third kappa shape index (κ3) is 1.85. The first-order chi connectivity index (χ1) is 7.24. The van der Waals surface area contributed by atoms with E-state index in [0.29, 0.717) is 19.0 Å². The van der Waals surface area contributed by atoms with E-state index >= 15 is 0 Å². The largest absolute Gasteiger partial charge is 0.474 e. The SMILES string of the molecule is Cc1c(Br)ccc2onc(OCCN)c12. The van der Waals surface area contributed by atoms with Crippen LogP contribution in [0.2, 0.25) is 0 Å². The summed E-state index contributed by atoms with van der Waals surface area (Å²) >= 11 is 3.45. The molecule has 1 heterocycles. The van der Waals surface area contributed by atoms with Crippen molar-refractivity contribution in [3.8, 4) is 5.88 Å². The molecule has 0 fully saturated rings. The second kappa shape index (κ2) is 4.20. The topological polar surface area (TPSA) is 61.3 Å². The number of benzene rings is 1. The Bertz CT molecular complexity index is 481. The van der Waals surface area contributed by atoms with E-state index in [1.807, 2.05) is 19.1 Å². The van der Waals surface area contributed by atoms with E-state index < -0.39 is 0 Å². The molecule has 2 aromatic rings. The van der Waals surface area contributed by atoms with Gasteiger partial charge >= 0.3 is 0 Å². The van der Waals surface area contributed by atoms with E-state index in [4.69, 9.17) is 15.0 Å². The Hall–Kier alpha value is -1.07. The van der Waals surface area contributed by atoms with Crippen molar-refractivity contribution in [2.45, 2.75) is 6.92 Å². The Morgan fingerprint density at radius 3 is 3.07 bits per heavy atom.